The Kier molecular flexibility index (Phi) is 7.28. The zero-order valence-corrected chi connectivity index (χ0v) is 17.2. The highest BCUT2D eigenvalue weighted by Crippen LogP contribution is 2.24. The van der Waals surface area contributed by atoms with Gasteiger partial charge in [-0.1, -0.05) is 24.3 Å². The maximum atomic E-state index is 13.6. The van der Waals surface area contributed by atoms with Gasteiger partial charge >= 0.3 is 0 Å². The standard InChI is InChI=1S/C24H21F2N3O3/c1-15-20(8-5-9-21(15)29-23(31)16-6-3-2-4-7-16)28-22(30)12-13-27-24(32)18-11-10-17(25)14-19(18)26/h2-11,14H,12-13H2,1H3,(H,27,32)(H,28,30)(H,29,31). The topological polar surface area (TPSA) is 87.3 Å². The van der Waals surface area contributed by atoms with Crippen LogP contribution in [0, 0.1) is 18.6 Å². The molecule has 0 radical (unpaired) electrons. The van der Waals surface area contributed by atoms with E-state index in [2.05, 4.69) is 16.0 Å². The summed E-state index contributed by atoms with van der Waals surface area (Å²) in [5, 5.41) is 7.97. The van der Waals surface area contributed by atoms with Gasteiger partial charge in [0.2, 0.25) is 5.91 Å². The molecule has 0 aliphatic heterocycles. The van der Waals surface area contributed by atoms with Crippen LogP contribution in [-0.2, 0) is 4.79 Å². The van der Waals surface area contributed by atoms with E-state index in [4.69, 9.17) is 0 Å². The quantitative estimate of drug-likeness (QED) is 0.516. The second-order valence-corrected chi connectivity index (χ2v) is 6.98. The molecular weight excluding hydrogens is 416 g/mol. The molecule has 0 fully saturated rings. The van der Waals surface area contributed by atoms with E-state index in [1.54, 1.807) is 49.4 Å². The lowest BCUT2D eigenvalue weighted by molar-refractivity contribution is -0.116. The van der Waals surface area contributed by atoms with Crippen molar-refractivity contribution in [2.24, 2.45) is 0 Å². The van der Waals surface area contributed by atoms with Crippen LogP contribution in [0.3, 0.4) is 0 Å². The molecule has 0 atom stereocenters. The number of halogens is 2. The van der Waals surface area contributed by atoms with Crippen LogP contribution >= 0.6 is 0 Å². The number of anilines is 2. The van der Waals surface area contributed by atoms with Crippen LogP contribution in [0.5, 0.6) is 0 Å². The van der Waals surface area contributed by atoms with Gasteiger partial charge in [-0.05, 0) is 48.9 Å². The van der Waals surface area contributed by atoms with Crippen LogP contribution in [0.4, 0.5) is 20.2 Å². The molecule has 0 unspecified atom stereocenters. The maximum Gasteiger partial charge on any atom is 0.255 e. The molecule has 0 aromatic heterocycles. The summed E-state index contributed by atoms with van der Waals surface area (Å²) in [6.07, 6.45) is -0.0609. The molecule has 0 heterocycles. The summed E-state index contributed by atoms with van der Waals surface area (Å²) < 4.78 is 26.6. The third-order valence-electron chi connectivity index (χ3n) is 4.71. The molecule has 0 bridgehead atoms. The average molecular weight is 437 g/mol. The number of hydrogen-bond acceptors (Lipinski definition) is 3. The van der Waals surface area contributed by atoms with Crippen molar-refractivity contribution in [1.82, 2.24) is 5.32 Å². The van der Waals surface area contributed by atoms with Gasteiger partial charge < -0.3 is 16.0 Å². The van der Waals surface area contributed by atoms with Crippen molar-refractivity contribution in [3.05, 3.63) is 95.1 Å². The summed E-state index contributed by atoms with van der Waals surface area (Å²) in [4.78, 5) is 36.6. The molecule has 6 nitrogen and oxygen atoms in total. The second kappa shape index (κ2) is 10.3. The number of rotatable bonds is 7. The average Bonchev–Trinajstić information content (AvgIpc) is 2.77. The van der Waals surface area contributed by atoms with Gasteiger partial charge in [0, 0.05) is 36.0 Å². The first-order valence-corrected chi connectivity index (χ1v) is 9.84. The predicted molar refractivity (Wildman–Crippen MR) is 118 cm³/mol. The molecule has 0 spiro atoms. The molecule has 32 heavy (non-hydrogen) atoms. The minimum absolute atomic E-state index is 0.0367. The van der Waals surface area contributed by atoms with Crippen molar-refractivity contribution < 1.29 is 23.2 Å². The zero-order chi connectivity index (χ0) is 23.1. The third kappa shape index (κ3) is 5.75. The van der Waals surface area contributed by atoms with Crippen molar-refractivity contribution in [2.45, 2.75) is 13.3 Å². The van der Waals surface area contributed by atoms with Crippen molar-refractivity contribution >= 4 is 29.1 Å². The van der Waals surface area contributed by atoms with E-state index in [1.807, 2.05) is 6.07 Å². The maximum absolute atomic E-state index is 13.6. The first kappa shape index (κ1) is 22.6. The van der Waals surface area contributed by atoms with E-state index in [9.17, 15) is 23.2 Å². The van der Waals surface area contributed by atoms with E-state index in [1.165, 1.54) is 0 Å². The molecule has 3 amide bonds. The monoisotopic (exact) mass is 437 g/mol. The fourth-order valence-electron chi connectivity index (χ4n) is 2.96. The lowest BCUT2D eigenvalue weighted by Crippen LogP contribution is -2.28. The lowest BCUT2D eigenvalue weighted by atomic mass is 10.1. The number of carbonyl (C=O) groups is 3. The first-order valence-electron chi connectivity index (χ1n) is 9.84. The van der Waals surface area contributed by atoms with E-state index < -0.39 is 17.5 Å². The highest BCUT2D eigenvalue weighted by Gasteiger charge is 2.14. The largest absolute Gasteiger partial charge is 0.351 e. The van der Waals surface area contributed by atoms with Crippen LogP contribution in [0.1, 0.15) is 32.7 Å². The smallest absolute Gasteiger partial charge is 0.255 e. The SMILES string of the molecule is Cc1c(NC(=O)CCNC(=O)c2ccc(F)cc2F)cccc1NC(=O)c1ccccc1. The van der Waals surface area contributed by atoms with Crippen molar-refractivity contribution in [3.63, 3.8) is 0 Å². The van der Waals surface area contributed by atoms with Gasteiger partial charge in [-0.15, -0.1) is 0 Å². The van der Waals surface area contributed by atoms with Gasteiger partial charge in [0.15, 0.2) is 0 Å². The first-order chi connectivity index (χ1) is 15.3. The van der Waals surface area contributed by atoms with Gasteiger partial charge in [-0.25, -0.2) is 8.78 Å². The minimum atomic E-state index is -0.975. The van der Waals surface area contributed by atoms with Crippen LogP contribution in [-0.4, -0.2) is 24.3 Å². The van der Waals surface area contributed by atoms with Crippen molar-refractivity contribution in [3.8, 4) is 0 Å². The Balaban J connectivity index is 1.55. The summed E-state index contributed by atoms with van der Waals surface area (Å²) in [6.45, 7) is 1.72. The van der Waals surface area contributed by atoms with Gasteiger partial charge in [-0.3, -0.25) is 14.4 Å². The number of amides is 3. The Morgan fingerprint density at radius 1 is 0.812 bits per heavy atom. The Morgan fingerprint density at radius 3 is 2.19 bits per heavy atom. The predicted octanol–water partition coefficient (Wildman–Crippen LogP) is 4.28. The van der Waals surface area contributed by atoms with Gasteiger partial charge in [0.25, 0.3) is 11.8 Å². The van der Waals surface area contributed by atoms with E-state index in [0.29, 0.717) is 28.6 Å². The van der Waals surface area contributed by atoms with Gasteiger partial charge in [-0.2, -0.15) is 0 Å². The third-order valence-corrected chi connectivity index (χ3v) is 4.71. The lowest BCUT2D eigenvalue weighted by Gasteiger charge is -2.14. The highest BCUT2D eigenvalue weighted by molar-refractivity contribution is 6.05. The molecule has 8 heteroatoms. The molecule has 3 aromatic carbocycles. The molecule has 0 saturated heterocycles. The van der Waals surface area contributed by atoms with Crippen LogP contribution in [0.2, 0.25) is 0 Å². The molecule has 0 aliphatic rings. The fraction of sp³-hybridized carbons (Fsp3) is 0.125. The van der Waals surface area contributed by atoms with Gasteiger partial charge in [0.1, 0.15) is 11.6 Å². The molecule has 164 valence electrons. The Labute approximate surface area is 183 Å². The normalized spacial score (nSPS) is 10.3. The van der Waals surface area contributed by atoms with E-state index in [-0.39, 0.29) is 30.3 Å². The van der Waals surface area contributed by atoms with E-state index in [0.717, 1.165) is 12.1 Å². The number of carbonyl (C=O) groups excluding carboxylic acids is 3. The Morgan fingerprint density at radius 2 is 1.50 bits per heavy atom. The van der Waals surface area contributed by atoms with Crippen molar-refractivity contribution in [1.29, 1.82) is 0 Å². The molecule has 0 saturated carbocycles. The summed E-state index contributed by atoms with van der Waals surface area (Å²) in [5.74, 6) is -3.14. The Hall–Kier alpha value is -4.07. The van der Waals surface area contributed by atoms with E-state index >= 15 is 0 Å². The number of hydrogen-bond donors (Lipinski definition) is 3. The van der Waals surface area contributed by atoms with Crippen LogP contribution < -0.4 is 16.0 Å². The zero-order valence-electron chi connectivity index (χ0n) is 17.2. The summed E-state index contributed by atoms with van der Waals surface area (Å²) >= 11 is 0. The number of nitrogens with one attached hydrogen (secondary N) is 3. The molecular formula is C24H21F2N3O3. The fourth-order valence-corrected chi connectivity index (χ4v) is 2.96. The second-order valence-electron chi connectivity index (χ2n) is 6.98. The Bertz CT molecular complexity index is 1150. The molecule has 3 rings (SSSR count). The summed E-state index contributed by atoms with van der Waals surface area (Å²) in [5.41, 5.74) is 1.94. The summed E-state index contributed by atoms with van der Waals surface area (Å²) in [6, 6.07) is 16.5. The molecule has 3 N–H and O–H groups in total. The highest BCUT2D eigenvalue weighted by atomic mass is 19.1. The van der Waals surface area contributed by atoms with Crippen LogP contribution in [0.25, 0.3) is 0 Å². The van der Waals surface area contributed by atoms with Gasteiger partial charge in [0.05, 0.1) is 5.56 Å². The summed E-state index contributed by atoms with van der Waals surface area (Å²) in [7, 11) is 0. The van der Waals surface area contributed by atoms with Crippen LogP contribution in [0.15, 0.2) is 66.7 Å². The van der Waals surface area contributed by atoms with Crippen molar-refractivity contribution in [2.75, 3.05) is 17.2 Å². The molecule has 3 aromatic rings. The molecule has 0 aliphatic carbocycles. The number of benzene rings is 3. The minimum Gasteiger partial charge on any atom is -0.351 e.